The highest BCUT2D eigenvalue weighted by Gasteiger charge is 2.77. The fourth-order valence-electron chi connectivity index (χ4n) is 6.52. The molecular formula is C30H36N6O5. The van der Waals surface area contributed by atoms with E-state index >= 15 is 0 Å². The molecule has 0 spiro atoms. The third-order valence-electron chi connectivity index (χ3n) is 8.31. The maximum absolute atomic E-state index is 13.0. The molecule has 11 heteroatoms. The summed E-state index contributed by atoms with van der Waals surface area (Å²) in [6, 6.07) is 18.3. The standard InChI is InChI=1S/C30H36N6O5/c1-35(2)15-16-36(3)18-22-25(19-9-7-6-8-10-19)30(20-11-13-21(14-12-20)33-34-31)29(38,27(22)37)26-23(41-30)17-24(39-4)32-28(26)40-5/h6-14,17,22,25,27,37-38H,15-16,18H2,1-5H3/t22-,25-,27-,29+,30+/m1/s1. The molecule has 11 nitrogen and oxygen atoms in total. The van der Waals surface area contributed by atoms with Crippen LogP contribution >= 0.6 is 0 Å². The summed E-state index contributed by atoms with van der Waals surface area (Å²) in [6.45, 7) is 2.09. The van der Waals surface area contributed by atoms with Gasteiger partial charge >= 0.3 is 0 Å². The molecule has 1 saturated carbocycles. The molecule has 1 aliphatic heterocycles. The number of aromatic nitrogens is 1. The highest BCUT2D eigenvalue weighted by Crippen LogP contribution is 2.70. The fourth-order valence-corrected chi connectivity index (χ4v) is 6.52. The van der Waals surface area contributed by atoms with E-state index in [0.29, 0.717) is 23.5 Å². The van der Waals surface area contributed by atoms with Crippen molar-refractivity contribution in [3.05, 3.63) is 87.8 Å². The molecule has 2 heterocycles. The second-order valence-corrected chi connectivity index (χ2v) is 11.0. The van der Waals surface area contributed by atoms with Crippen LogP contribution < -0.4 is 14.2 Å². The molecule has 216 valence electrons. The molecule has 0 unspecified atom stereocenters. The van der Waals surface area contributed by atoms with Gasteiger partial charge in [-0.1, -0.05) is 59.7 Å². The zero-order valence-corrected chi connectivity index (χ0v) is 23.9. The van der Waals surface area contributed by atoms with Gasteiger partial charge in [0.15, 0.2) is 11.2 Å². The average Bonchev–Trinajstić information content (AvgIpc) is 3.34. The number of hydrogen-bond acceptors (Lipinski definition) is 9. The van der Waals surface area contributed by atoms with Crippen LogP contribution in [0.3, 0.4) is 0 Å². The summed E-state index contributed by atoms with van der Waals surface area (Å²) in [5, 5.41) is 29.0. The zero-order valence-electron chi connectivity index (χ0n) is 23.9. The number of aliphatic hydroxyl groups excluding tert-OH is 1. The highest BCUT2D eigenvalue weighted by atomic mass is 16.5. The van der Waals surface area contributed by atoms with E-state index in [4.69, 9.17) is 19.7 Å². The lowest BCUT2D eigenvalue weighted by Crippen LogP contribution is -2.52. The Hall–Kier alpha value is -3.86. The molecule has 2 aromatic carbocycles. The smallest absolute Gasteiger partial charge is 0.226 e. The molecule has 5 atom stereocenters. The molecule has 41 heavy (non-hydrogen) atoms. The van der Waals surface area contributed by atoms with Crippen LogP contribution in [0.2, 0.25) is 0 Å². The SMILES string of the molecule is COc1cc2c(c(OC)n1)[C@]1(O)[C@H](O)[C@H](CN(C)CCN(C)C)[C@@H](c3ccccc3)[C@]1(c1ccc(N=[N+]=[N-])cc1)O2. The molecule has 2 aliphatic rings. The molecule has 0 saturated heterocycles. The monoisotopic (exact) mass is 560 g/mol. The van der Waals surface area contributed by atoms with E-state index in [1.807, 2.05) is 51.5 Å². The number of fused-ring (bicyclic) bond motifs is 3. The van der Waals surface area contributed by atoms with Gasteiger partial charge in [0.05, 0.1) is 25.9 Å². The third-order valence-corrected chi connectivity index (χ3v) is 8.31. The Kier molecular flexibility index (Phi) is 7.83. The number of methoxy groups -OCH3 is 2. The van der Waals surface area contributed by atoms with E-state index in [9.17, 15) is 10.2 Å². The molecule has 0 amide bonds. The quantitative estimate of drug-likeness (QED) is 0.217. The van der Waals surface area contributed by atoms with Gasteiger partial charge in [-0.25, -0.2) is 0 Å². The van der Waals surface area contributed by atoms with Crippen molar-refractivity contribution >= 4 is 5.69 Å². The topological polar surface area (TPSA) is 136 Å². The lowest BCUT2D eigenvalue weighted by Gasteiger charge is -2.41. The van der Waals surface area contributed by atoms with Crippen molar-refractivity contribution in [2.24, 2.45) is 11.0 Å². The van der Waals surface area contributed by atoms with Crippen molar-refractivity contribution in [2.75, 3.05) is 55.0 Å². The number of ether oxygens (including phenoxy) is 3. The number of aliphatic hydroxyl groups is 2. The zero-order chi connectivity index (χ0) is 29.4. The van der Waals surface area contributed by atoms with Gasteiger partial charge in [0.1, 0.15) is 5.75 Å². The van der Waals surface area contributed by atoms with Crippen molar-refractivity contribution < 1.29 is 24.4 Å². The second-order valence-electron chi connectivity index (χ2n) is 11.0. The average molecular weight is 561 g/mol. The molecule has 0 bridgehead atoms. The number of hydrogen-bond donors (Lipinski definition) is 2. The lowest BCUT2D eigenvalue weighted by molar-refractivity contribution is -0.152. The highest BCUT2D eigenvalue weighted by molar-refractivity contribution is 5.60. The molecule has 5 rings (SSSR count). The predicted octanol–water partition coefficient (Wildman–Crippen LogP) is 3.78. The van der Waals surface area contributed by atoms with Crippen LogP contribution in [0, 0.1) is 5.92 Å². The first-order valence-corrected chi connectivity index (χ1v) is 13.5. The Balaban J connectivity index is 1.77. The minimum absolute atomic E-state index is 0.113. The van der Waals surface area contributed by atoms with Gasteiger partial charge in [-0.2, -0.15) is 4.98 Å². The van der Waals surface area contributed by atoms with Crippen molar-refractivity contribution in [1.82, 2.24) is 14.8 Å². The van der Waals surface area contributed by atoms with Gasteiger partial charge in [-0.05, 0) is 37.8 Å². The van der Waals surface area contributed by atoms with Crippen LogP contribution in [0.25, 0.3) is 10.4 Å². The van der Waals surface area contributed by atoms with E-state index in [2.05, 4.69) is 24.8 Å². The van der Waals surface area contributed by atoms with E-state index in [1.54, 1.807) is 30.3 Å². The summed E-state index contributed by atoms with van der Waals surface area (Å²) < 4.78 is 18.0. The van der Waals surface area contributed by atoms with Crippen LogP contribution in [0.5, 0.6) is 17.5 Å². The first-order valence-electron chi connectivity index (χ1n) is 13.5. The van der Waals surface area contributed by atoms with Crippen molar-refractivity contribution in [2.45, 2.75) is 23.2 Å². The van der Waals surface area contributed by atoms with Crippen LogP contribution in [-0.4, -0.2) is 86.1 Å². The van der Waals surface area contributed by atoms with Gasteiger partial charge in [-0.15, -0.1) is 0 Å². The van der Waals surface area contributed by atoms with E-state index in [-0.39, 0.29) is 17.3 Å². The van der Waals surface area contributed by atoms with Crippen molar-refractivity contribution in [3.63, 3.8) is 0 Å². The maximum Gasteiger partial charge on any atom is 0.226 e. The summed E-state index contributed by atoms with van der Waals surface area (Å²) in [5.74, 6) is -0.273. The molecule has 1 aromatic heterocycles. The molecule has 3 aromatic rings. The predicted molar refractivity (Wildman–Crippen MR) is 154 cm³/mol. The number of azide groups is 1. The molecular weight excluding hydrogens is 524 g/mol. The third kappa shape index (κ3) is 4.56. The van der Waals surface area contributed by atoms with Gasteiger partial charge in [0.2, 0.25) is 11.8 Å². The summed E-state index contributed by atoms with van der Waals surface area (Å²) in [7, 11) is 9.00. The van der Waals surface area contributed by atoms with Gasteiger partial charge in [0.25, 0.3) is 0 Å². The second kappa shape index (κ2) is 11.2. The van der Waals surface area contributed by atoms with E-state index in [1.165, 1.54) is 14.2 Å². The largest absolute Gasteiger partial charge is 0.481 e. The van der Waals surface area contributed by atoms with Gasteiger partial charge < -0.3 is 34.2 Å². The molecule has 0 radical (unpaired) electrons. The lowest BCUT2D eigenvalue weighted by atomic mass is 9.70. The summed E-state index contributed by atoms with van der Waals surface area (Å²) in [6.07, 6.45) is -1.27. The minimum Gasteiger partial charge on any atom is -0.481 e. The Morgan fingerprint density at radius 3 is 2.37 bits per heavy atom. The molecule has 1 fully saturated rings. The van der Waals surface area contributed by atoms with Crippen molar-refractivity contribution in [1.29, 1.82) is 0 Å². The Morgan fingerprint density at radius 2 is 1.76 bits per heavy atom. The number of likely N-dealkylation sites (N-methyl/N-ethyl adjacent to an activating group) is 2. The molecule has 1 aliphatic carbocycles. The summed E-state index contributed by atoms with van der Waals surface area (Å²) in [5.41, 5.74) is 7.72. The maximum atomic E-state index is 13.0. The first kappa shape index (κ1) is 28.7. The first-order chi connectivity index (χ1) is 19.7. The summed E-state index contributed by atoms with van der Waals surface area (Å²) in [4.78, 5) is 11.6. The Bertz CT molecular complexity index is 1430. The van der Waals surface area contributed by atoms with E-state index in [0.717, 1.165) is 18.7 Å². The van der Waals surface area contributed by atoms with Crippen LogP contribution in [-0.2, 0) is 11.2 Å². The Labute approximate surface area is 239 Å². The van der Waals surface area contributed by atoms with Gasteiger partial charge in [0, 0.05) is 48.1 Å². The minimum atomic E-state index is -1.96. The fraction of sp³-hybridized carbons (Fsp3) is 0.433. The van der Waals surface area contributed by atoms with Crippen LogP contribution in [0.15, 0.2) is 65.8 Å². The molecule has 2 N–H and O–H groups in total. The number of nitrogens with zero attached hydrogens (tertiary/aromatic N) is 6. The van der Waals surface area contributed by atoms with Crippen LogP contribution in [0.1, 0.15) is 22.6 Å². The number of pyridine rings is 1. The van der Waals surface area contributed by atoms with Gasteiger partial charge in [-0.3, -0.25) is 0 Å². The normalized spacial score (nSPS) is 26.3. The summed E-state index contributed by atoms with van der Waals surface area (Å²) >= 11 is 0. The number of benzene rings is 2. The van der Waals surface area contributed by atoms with E-state index < -0.39 is 29.1 Å². The van der Waals surface area contributed by atoms with Crippen molar-refractivity contribution in [3.8, 4) is 17.5 Å². The van der Waals surface area contributed by atoms with Crippen LogP contribution in [0.4, 0.5) is 5.69 Å². The number of rotatable bonds is 10. The Morgan fingerprint density at radius 1 is 1.05 bits per heavy atom.